The summed E-state index contributed by atoms with van der Waals surface area (Å²) in [6, 6.07) is 0. The summed E-state index contributed by atoms with van der Waals surface area (Å²) in [5.41, 5.74) is 0. The van der Waals surface area contributed by atoms with E-state index in [1.165, 1.54) is 57.8 Å². The van der Waals surface area contributed by atoms with Crippen molar-refractivity contribution in [3.8, 4) is 0 Å². The Labute approximate surface area is 406 Å². The summed E-state index contributed by atoms with van der Waals surface area (Å²) in [6.07, 6.45) is 72.1. The molecule has 0 aliphatic rings. The van der Waals surface area contributed by atoms with Gasteiger partial charge in [0.1, 0.15) is 13.2 Å². The summed E-state index contributed by atoms with van der Waals surface area (Å²) >= 11 is 0. The van der Waals surface area contributed by atoms with E-state index in [-0.39, 0.29) is 31.1 Å². The van der Waals surface area contributed by atoms with Gasteiger partial charge in [0.25, 0.3) is 0 Å². The van der Waals surface area contributed by atoms with Crippen LogP contribution in [0.2, 0.25) is 0 Å². The molecule has 0 saturated heterocycles. The van der Waals surface area contributed by atoms with E-state index in [4.69, 9.17) is 14.2 Å². The van der Waals surface area contributed by atoms with Crippen molar-refractivity contribution in [3.63, 3.8) is 0 Å². The molecule has 0 fully saturated rings. The summed E-state index contributed by atoms with van der Waals surface area (Å²) in [6.45, 7) is 6.33. The molecule has 0 bridgehead atoms. The van der Waals surface area contributed by atoms with Gasteiger partial charge in [-0.1, -0.05) is 220 Å². The van der Waals surface area contributed by atoms with Crippen LogP contribution in [0.1, 0.15) is 233 Å². The maximum atomic E-state index is 12.8. The van der Waals surface area contributed by atoms with Gasteiger partial charge in [-0.2, -0.15) is 0 Å². The Morgan fingerprint density at radius 3 is 1.14 bits per heavy atom. The molecule has 0 rings (SSSR count). The van der Waals surface area contributed by atoms with Gasteiger partial charge in [-0.15, -0.1) is 0 Å². The summed E-state index contributed by atoms with van der Waals surface area (Å²) in [5, 5.41) is 0. The van der Waals surface area contributed by atoms with Gasteiger partial charge in [-0.05, 0) is 103 Å². The lowest BCUT2D eigenvalue weighted by Crippen LogP contribution is -2.30. The SMILES string of the molecule is CC\C=C/C=C\C=C/C=C\CCCCCCCC(=O)OC(COC(=O)CCCCC/C=C\CCCCCCCCC)COC(=O)CCCCCCCC/C=C\C/C=C\C/C=C\C/C=C\CC. The van der Waals surface area contributed by atoms with E-state index in [1.807, 2.05) is 18.2 Å². The Bertz CT molecular complexity index is 1370. The van der Waals surface area contributed by atoms with Gasteiger partial charge in [0.2, 0.25) is 0 Å². The second-order valence-electron chi connectivity index (χ2n) is 17.5. The highest BCUT2D eigenvalue weighted by atomic mass is 16.6. The molecule has 0 aromatic heterocycles. The minimum absolute atomic E-state index is 0.102. The van der Waals surface area contributed by atoms with Crippen LogP contribution in [0.5, 0.6) is 0 Å². The van der Waals surface area contributed by atoms with Gasteiger partial charge in [-0.3, -0.25) is 14.4 Å². The molecule has 0 amide bonds. The van der Waals surface area contributed by atoms with Crippen molar-refractivity contribution in [1.82, 2.24) is 0 Å². The van der Waals surface area contributed by atoms with E-state index >= 15 is 0 Å². The average Bonchev–Trinajstić information content (AvgIpc) is 3.31. The number of allylic oxidation sites excluding steroid dienone is 18. The predicted molar refractivity (Wildman–Crippen MR) is 283 cm³/mol. The molecule has 1 atom stereocenters. The van der Waals surface area contributed by atoms with Gasteiger partial charge in [0.15, 0.2) is 6.10 Å². The van der Waals surface area contributed by atoms with E-state index in [9.17, 15) is 14.4 Å². The van der Waals surface area contributed by atoms with E-state index < -0.39 is 6.10 Å². The fourth-order valence-electron chi connectivity index (χ4n) is 7.08. The Morgan fingerprint density at radius 1 is 0.333 bits per heavy atom. The maximum absolute atomic E-state index is 12.8. The van der Waals surface area contributed by atoms with Crippen molar-refractivity contribution in [3.05, 3.63) is 109 Å². The van der Waals surface area contributed by atoms with E-state index in [1.54, 1.807) is 0 Å². The lowest BCUT2D eigenvalue weighted by atomic mass is 10.1. The molecule has 0 heterocycles. The third kappa shape index (κ3) is 51.1. The Hall–Kier alpha value is -3.93. The van der Waals surface area contributed by atoms with E-state index in [0.29, 0.717) is 19.3 Å². The molecule has 0 radical (unpaired) electrons. The topological polar surface area (TPSA) is 78.9 Å². The van der Waals surface area contributed by atoms with Gasteiger partial charge in [-0.25, -0.2) is 0 Å². The molecule has 1 unspecified atom stereocenters. The average molecular weight is 915 g/mol. The highest BCUT2D eigenvalue weighted by Gasteiger charge is 2.19. The molecule has 0 aliphatic heterocycles. The number of hydrogen-bond donors (Lipinski definition) is 0. The number of esters is 3. The van der Waals surface area contributed by atoms with Gasteiger partial charge in [0, 0.05) is 19.3 Å². The highest BCUT2D eigenvalue weighted by molar-refractivity contribution is 5.71. The molecule has 6 nitrogen and oxygen atoms in total. The molecule has 374 valence electrons. The van der Waals surface area contributed by atoms with Crippen molar-refractivity contribution in [2.45, 2.75) is 239 Å². The van der Waals surface area contributed by atoms with Crippen LogP contribution in [0.3, 0.4) is 0 Å². The zero-order valence-corrected chi connectivity index (χ0v) is 42.7. The number of carbonyl (C=O) groups is 3. The van der Waals surface area contributed by atoms with Crippen molar-refractivity contribution in [2.75, 3.05) is 13.2 Å². The van der Waals surface area contributed by atoms with Crippen LogP contribution >= 0.6 is 0 Å². The van der Waals surface area contributed by atoms with Crippen LogP contribution < -0.4 is 0 Å². The molecule has 0 aromatic carbocycles. The molecule has 66 heavy (non-hydrogen) atoms. The van der Waals surface area contributed by atoms with Crippen LogP contribution in [0, 0.1) is 0 Å². The van der Waals surface area contributed by atoms with E-state index in [2.05, 4.69) is 112 Å². The number of ether oxygens (including phenoxy) is 3. The summed E-state index contributed by atoms with van der Waals surface area (Å²) in [4.78, 5) is 38.1. The molecular weight excluding hydrogens is 817 g/mol. The largest absolute Gasteiger partial charge is 0.462 e. The Kier molecular flexibility index (Phi) is 50.5. The maximum Gasteiger partial charge on any atom is 0.306 e. The smallest absolute Gasteiger partial charge is 0.306 e. The van der Waals surface area contributed by atoms with Gasteiger partial charge >= 0.3 is 17.9 Å². The zero-order valence-electron chi connectivity index (χ0n) is 42.7. The number of carbonyl (C=O) groups excluding carboxylic acids is 3. The number of rotatable bonds is 47. The first-order valence-corrected chi connectivity index (χ1v) is 26.9. The van der Waals surface area contributed by atoms with Crippen LogP contribution in [0.25, 0.3) is 0 Å². The van der Waals surface area contributed by atoms with E-state index in [0.717, 1.165) is 135 Å². The molecular formula is C60H98O6. The summed E-state index contributed by atoms with van der Waals surface area (Å²) in [5.74, 6) is -0.957. The van der Waals surface area contributed by atoms with Gasteiger partial charge in [0.05, 0.1) is 0 Å². The summed E-state index contributed by atoms with van der Waals surface area (Å²) < 4.78 is 16.8. The first kappa shape index (κ1) is 62.1. The molecule has 0 aromatic rings. The van der Waals surface area contributed by atoms with Crippen LogP contribution in [-0.4, -0.2) is 37.2 Å². The standard InChI is InChI=1S/C60H98O6/c1-4-7-10-13-16-19-22-25-28-29-30-31-33-35-38-41-44-47-50-53-59(62)65-56-57(55-64-58(61)52-49-46-43-40-37-34-27-24-21-18-15-12-9-6-3)66-60(63)54-51-48-45-42-39-36-32-26-23-20-17-14-11-8-5-2/h7-8,10-11,14,16-17,19-20,23,25-26,28,30-32,34,37,57H,4-6,9,12-13,15,18,21-22,24,27,29,33,35-36,38-56H2,1-3H3/b10-7-,11-8-,17-14-,19-16-,23-20-,28-25-,31-30-,32-26-,37-34-. The number of unbranched alkanes of at least 4 members (excludes halogenated alkanes) is 21. The molecule has 6 heteroatoms. The second kappa shape index (κ2) is 53.7. The Morgan fingerprint density at radius 2 is 0.667 bits per heavy atom. The third-order valence-corrected chi connectivity index (χ3v) is 11.1. The van der Waals surface area contributed by atoms with Crippen molar-refractivity contribution < 1.29 is 28.6 Å². The zero-order chi connectivity index (χ0) is 47.9. The predicted octanol–water partition coefficient (Wildman–Crippen LogP) is 17.9. The molecule has 0 aliphatic carbocycles. The fourth-order valence-corrected chi connectivity index (χ4v) is 7.08. The lowest BCUT2D eigenvalue weighted by Gasteiger charge is -2.18. The summed E-state index contributed by atoms with van der Waals surface area (Å²) in [7, 11) is 0. The second-order valence-corrected chi connectivity index (χ2v) is 17.5. The van der Waals surface area contributed by atoms with Crippen LogP contribution in [0.4, 0.5) is 0 Å². The first-order valence-electron chi connectivity index (χ1n) is 26.9. The Balaban J connectivity index is 4.47. The van der Waals surface area contributed by atoms with Gasteiger partial charge < -0.3 is 14.2 Å². The third-order valence-electron chi connectivity index (χ3n) is 11.1. The van der Waals surface area contributed by atoms with Crippen molar-refractivity contribution in [2.24, 2.45) is 0 Å². The minimum Gasteiger partial charge on any atom is -0.462 e. The quantitative estimate of drug-likeness (QED) is 0.0199. The fraction of sp³-hybridized carbons (Fsp3) is 0.650. The minimum atomic E-state index is -0.804. The molecule has 0 N–H and O–H groups in total. The lowest BCUT2D eigenvalue weighted by molar-refractivity contribution is -0.167. The molecule has 0 spiro atoms. The van der Waals surface area contributed by atoms with Crippen LogP contribution in [0.15, 0.2) is 109 Å². The first-order chi connectivity index (χ1) is 32.5. The van der Waals surface area contributed by atoms with Crippen LogP contribution in [-0.2, 0) is 28.6 Å². The van der Waals surface area contributed by atoms with Crippen molar-refractivity contribution >= 4 is 17.9 Å². The normalized spacial score (nSPS) is 13.0. The molecule has 0 saturated carbocycles. The monoisotopic (exact) mass is 915 g/mol. The van der Waals surface area contributed by atoms with Crippen molar-refractivity contribution in [1.29, 1.82) is 0 Å². The number of hydrogen-bond acceptors (Lipinski definition) is 6. The highest BCUT2D eigenvalue weighted by Crippen LogP contribution is 2.14.